The van der Waals surface area contributed by atoms with Crippen molar-refractivity contribution in [2.45, 2.75) is 20.0 Å². The minimum absolute atomic E-state index is 0.129. The number of amides is 1. The highest BCUT2D eigenvalue weighted by Gasteiger charge is 2.23. The van der Waals surface area contributed by atoms with Crippen LogP contribution >= 0.6 is 0 Å². The van der Waals surface area contributed by atoms with Crippen molar-refractivity contribution >= 4 is 17.2 Å². The van der Waals surface area contributed by atoms with Crippen LogP contribution in [0.25, 0.3) is 16.9 Å². The summed E-state index contributed by atoms with van der Waals surface area (Å²) in [6.07, 6.45) is 1.54. The van der Waals surface area contributed by atoms with E-state index in [1.54, 1.807) is 6.92 Å². The van der Waals surface area contributed by atoms with Crippen molar-refractivity contribution in [2.24, 2.45) is 0 Å². The van der Waals surface area contributed by atoms with E-state index in [1.165, 1.54) is 0 Å². The van der Waals surface area contributed by atoms with Gasteiger partial charge < -0.3 is 14.5 Å². The van der Waals surface area contributed by atoms with Crippen molar-refractivity contribution in [2.75, 3.05) is 5.32 Å². The molecule has 0 saturated carbocycles. The van der Waals surface area contributed by atoms with Crippen LogP contribution < -0.4 is 10.1 Å². The lowest BCUT2D eigenvalue weighted by molar-refractivity contribution is -0.122. The van der Waals surface area contributed by atoms with Crippen LogP contribution in [0.5, 0.6) is 5.75 Å². The number of nitrogens with one attached hydrogen (secondary N) is 1. The molecular formula is C17H15N3O2. The Balaban J connectivity index is 1.81. The molecule has 1 aliphatic heterocycles. The summed E-state index contributed by atoms with van der Waals surface area (Å²) in [6.45, 7) is 3.78. The topological polar surface area (TPSA) is 55.6 Å². The van der Waals surface area contributed by atoms with Crippen molar-refractivity contribution < 1.29 is 9.53 Å². The number of imidazole rings is 1. The number of anilines is 1. The maximum Gasteiger partial charge on any atom is 0.265 e. The van der Waals surface area contributed by atoms with Crippen molar-refractivity contribution in [3.8, 4) is 17.0 Å². The summed E-state index contributed by atoms with van der Waals surface area (Å²) in [6, 6.07) is 11.7. The number of hydrogen-bond acceptors (Lipinski definition) is 3. The number of hydrogen-bond donors (Lipinski definition) is 1. The van der Waals surface area contributed by atoms with Gasteiger partial charge in [-0.3, -0.25) is 4.79 Å². The Hall–Kier alpha value is -2.82. The molecule has 4 rings (SSSR count). The van der Waals surface area contributed by atoms with Gasteiger partial charge in [0, 0.05) is 17.5 Å². The lowest BCUT2D eigenvalue weighted by Gasteiger charge is -2.23. The Labute approximate surface area is 127 Å². The Morgan fingerprint density at radius 3 is 2.95 bits per heavy atom. The van der Waals surface area contributed by atoms with E-state index in [1.807, 2.05) is 53.9 Å². The van der Waals surface area contributed by atoms with Gasteiger partial charge >= 0.3 is 0 Å². The molecule has 0 bridgehead atoms. The standard InChI is InChI=1S/C17H15N3O2/c1-10-4-3-5-16-18-14(9-20(10)16)12-6-7-15-13(8-12)19-17(21)11(2)22-15/h3-9,11H,1-2H3,(H,19,21). The molecule has 1 N–H and O–H groups in total. The van der Waals surface area contributed by atoms with Gasteiger partial charge in [0.25, 0.3) is 5.91 Å². The van der Waals surface area contributed by atoms with E-state index in [-0.39, 0.29) is 5.91 Å². The fraction of sp³-hybridized carbons (Fsp3) is 0.176. The largest absolute Gasteiger partial charge is 0.479 e. The maximum absolute atomic E-state index is 11.7. The highest BCUT2D eigenvalue weighted by Crippen LogP contribution is 2.33. The first kappa shape index (κ1) is 12.9. The van der Waals surface area contributed by atoms with Gasteiger partial charge in [-0.1, -0.05) is 6.07 Å². The van der Waals surface area contributed by atoms with Gasteiger partial charge in [-0.25, -0.2) is 4.98 Å². The molecule has 0 aliphatic carbocycles. The smallest absolute Gasteiger partial charge is 0.265 e. The molecule has 1 atom stereocenters. The fourth-order valence-electron chi connectivity index (χ4n) is 2.66. The normalized spacial score (nSPS) is 17.0. The van der Waals surface area contributed by atoms with Crippen LogP contribution in [-0.2, 0) is 4.79 Å². The van der Waals surface area contributed by atoms with Gasteiger partial charge in [-0.15, -0.1) is 0 Å². The molecule has 110 valence electrons. The third-order valence-corrected chi connectivity index (χ3v) is 3.90. The molecule has 22 heavy (non-hydrogen) atoms. The van der Waals surface area contributed by atoms with Gasteiger partial charge in [-0.05, 0) is 44.2 Å². The molecule has 1 unspecified atom stereocenters. The third kappa shape index (κ3) is 1.94. The predicted octanol–water partition coefficient (Wildman–Crippen LogP) is 3.03. The van der Waals surface area contributed by atoms with E-state index < -0.39 is 6.10 Å². The van der Waals surface area contributed by atoms with Crippen LogP contribution in [0.15, 0.2) is 42.6 Å². The first-order valence-corrected chi connectivity index (χ1v) is 7.18. The third-order valence-electron chi connectivity index (χ3n) is 3.90. The van der Waals surface area contributed by atoms with Crippen molar-refractivity contribution in [3.63, 3.8) is 0 Å². The Kier molecular flexibility index (Phi) is 2.69. The highest BCUT2D eigenvalue weighted by molar-refractivity contribution is 5.98. The Morgan fingerprint density at radius 2 is 2.14 bits per heavy atom. The number of carbonyl (C=O) groups excluding carboxylic acids is 1. The average molecular weight is 293 g/mol. The number of benzene rings is 1. The van der Waals surface area contributed by atoms with Crippen molar-refractivity contribution in [1.82, 2.24) is 9.38 Å². The van der Waals surface area contributed by atoms with Crippen LogP contribution in [0.3, 0.4) is 0 Å². The van der Waals surface area contributed by atoms with Crippen LogP contribution in [0, 0.1) is 6.92 Å². The molecule has 0 radical (unpaired) electrons. The number of ether oxygens (including phenoxy) is 1. The minimum Gasteiger partial charge on any atom is -0.479 e. The summed E-state index contributed by atoms with van der Waals surface area (Å²) in [5.74, 6) is 0.561. The van der Waals surface area contributed by atoms with E-state index in [4.69, 9.17) is 4.74 Å². The number of carbonyl (C=O) groups is 1. The van der Waals surface area contributed by atoms with Crippen molar-refractivity contribution in [1.29, 1.82) is 0 Å². The maximum atomic E-state index is 11.7. The quantitative estimate of drug-likeness (QED) is 0.750. The summed E-state index contributed by atoms with van der Waals surface area (Å²) in [5.41, 5.74) is 4.53. The molecule has 1 amide bonds. The van der Waals surface area contributed by atoms with Crippen molar-refractivity contribution in [3.05, 3.63) is 48.3 Å². The molecule has 0 fully saturated rings. The molecule has 5 heteroatoms. The molecule has 1 aromatic carbocycles. The second-order valence-corrected chi connectivity index (χ2v) is 5.48. The summed E-state index contributed by atoms with van der Waals surface area (Å²) in [5, 5.41) is 2.87. The van der Waals surface area contributed by atoms with Crippen LogP contribution in [0.4, 0.5) is 5.69 Å². The van der Waals surface area contributed by atoms with Gasteiger partial charge in [0.2, 0.25) is 0 Å². The first-order valence-electron chi connectivity index (χ1n) is 7.18. The summed E-state index contributed by atoms with van der Waals surface area (Å²) in [4.78, 5) is 16.4. The number of nitrogens with zero attached hydrogens (tertiary/aromatic N) is 2. The zero-order valence-electron chi connectivity index (χ0n) is 12.3. The van der Waals surface area contributed by atoms with Gasteiger partial charge in [0.1, 0.15) is 11.4 Å². The minimum atomic E-state index is -0.462. The number of pyridine rings is 1. The first-order chi connectivity index (χ1) is 10.6. The van der Waals surface area contributed by atoms with Gasteiger partial charge in [0.05, 0.1) is 11.4 Å². The van der Waals surface area contributed by atoms with Crippen LogP contribution in [-0.4, -0.2) is 21.4 Å². The molecule has 1 aliphatic rings. The number of rotatable bonds is 1. The second-order valence-electron chi connectivity index (χ2n) is 5.48. The van der Waals surface area contributed by atoms with E-state index in [2.05, 4.69) is 10.3 Å². The van der Waals surface area contributed by atoms with E-state index >= 15 is 0 Å². The number of aromatic nitrogens is 2. The Bertz CT molecular complexity index is 898. The summed E-state index contributed by atoms with van der Waals surface area (Å²) < 4.78 is 7.62. The zero-order valence-corrected chi connectivity index (χ0v) is 12.3. The lowest BCUT2D eigenvalue weighted by Crippen LogP contribution is -2.34. The molecule has 5 nitrogen and oxygen atoms in total. The number of aryl methyl sites for hydroxylation is 1. The predicted molar refractivity (Wildman–Crippen MR) is 84.1 cm³/mol. The Morgan fingerprint density at radius 1 is 1.27 bits per heavy atom. The average Bonchev–Trinajstić information content (AvgIpc) is 2.94. The van der Waals surface area contributed by atoms with E-state index in [9.17, 15) is 4.79 Å². The monoisotopic (exact) mass is 293 g/mol. The van der Waals surface area contributed by atoms with E-state index in [0.29, 0.717) is 11.4 Å². The summed E-state index contributed by atoms with van der Waals surface area (Å²) >= 11 is 0. The highest BCUT2D eigenvalue weighted by atomic mass is 16.5. The lowest BCUT2D eigenvalue weighted by atomic mass is 10.1. The fourth-order valence-corrected chi connectivity index (χ4v) is 2.66. The SMILES string of the molecule is Cc1cccc2nc(-c3ccc4c(c3)NC(=O)C(C)O4)cn12. The van der Waals surface area contributed by atoms with E-state index in [0.717, 1.165) is 22.6 Å². The molecular weight excluding hydrogens is 278 g/mol. The number of fused-ring (bicyclic) bond motifs is 2. The molecule has 0 spiro atoms. The van der Waals surface area contributed by atoms with Gasteiger partial charge in [0.15, 0.2) is 6.10 Å². The second kappa shape index (κ2) is 4.59. The molecule has 3 heterocycles. The van der Waals surface area contributed by atoms with Crippen LogP contribution in [0.1, 0.15) is 12.6 Å². The van der Waals surface area contributed by atoms with Gasteiger partial charge in [-0.2, -0.15) is 0 Å². The molecule has 0 saturated heterocycles. The molecule has 2 aromatic heterocycles. The molecule has 3 aromatic rings. The summed E-state index contributed by atoms with van der Waals surface area (Å²) in [7, 11) is 0. The zero-order chi connectivity index (χ0) is 15.3. The van der Waals surface area contributed by atoms with Crippen LogP contribution in [0.2, 0.25) is 0 Å².